The lowest BCUT2D eigenvalue weighted by Crippen LogP contribution is -2.43. The number of nitrogens with one attached hydrogen (secondary N) is 1. The number of rotatable bonds is 9. The number of pyridine rings is 1. The van der Waals surface area contributed by atoms with Crippen LogP contribution < -0.4 is 10.3 Å². The van der Waals surface area contributed by atoms with Gasteiger partial charge in [-0.25, -0.2) is 4.68 Å². The molecule has 2 fully saturated rings. The van der Waals surface area contributed by atoms with Gasteiger partial charge in [0, 0.05) is 35.7 Å². The fraction of sp³-hybridized carbons (Fsp3) is 0.630. The van der Waals surface area contributed by atoms with Crippen LogP contribution in [0.4, 0.5) is 0 Å². The van der Waals surface area contributed by atoms with Gasteiger partial charge in [0.15, 0.2) is 5.82 Å². The molecule has 5 rings (SSSR count). The number of hydrogen-bond acceptors (Lipinski definition) is 7. The Morgan fingerprint density at radius 1 is 1.17 bits per heavy atom. The average Bonchev–Trinajstić information content (AvgIpc) is 3.57. The minimum atomic E-state index is -0.0464. The third-order valence-electron chi connectivity index (χ3n) is 7.74. The Kier molecular flexibility index (Phi) is 7.67. The number of nitrogens with zero attached hydrogens (tertiary/aromatic N) is 5. The van der Waals surface area contributed by atoms with E-state index in [0.29, 0.717) is 19.1 Å². The summed E-state index contributed by atoms with van der Waals surface area (Å²) in [4.78, 5) is 18.8. The first-order valence-corrected chi connectivity index (χ1v) is 13.4. The minimum Gasteiger partial charge on any atom is -0.497 e. The van der Waals surface area contributed by atoms with E-state index in [4.69, 9.17) is 9.47 Å². The van der Waals surface area contributed by atoms with Crippen LogP contribution in [-0.4, -0.2) is 56.0 Å². The number of hydrogen-bond donors (Lipinski definition) is 1. The summed E-state index contributed by atoms with van der Waals surface area (Å²) in [5.41, 5.74) is 1.52. The number of fused-ring (bicyclic) bond motifs is 1. The Morgan fingerprint density at radius 3 is 2.72 bits per heavy atom. The highest BCUT2D eigenvalue weighted by molar-refractivity contribution is 5.80. The van der Waals surface area contributed by atoms with Gasteiger partial charge in [-0.3, -0.25) is 9.69 Å². The van der Waals surface area contributed by atoms with E-state index < -0.39 is 0 Å². The largest absolute Gasteiger partial charge is 0.497 e. The van der Waals surface area contributed by atoms with Gasteiger partial charge in [-0.15, -0.1) is 5.10 Å². The van der Waals surface area contributed by atoms with Gasteiger partial charge in [0.25, 0.3) is 5.56 Å². The smallest absolute Gasteiger partial charge is 0.252 e. The topological polar surface area (TPSA) is 98.2 Å². The molecule has 36 heavy (non-hydrogen) atoms. The lowest BCUT2D eigenvalue weighted by molar-refractivity contribution is 0.0553. The number of H-pyrrole nitrogens is 1. The molecule has 0 radical (unpaired) electrons. The quantitative estimate of drug-likeness (QED) is 0.475. The van der Waals surface area contributed by atoms with Crippen molar-refractivity contribution in [3.05, 3.63) is 46.0 Å². The van der Waals surface area contributed by atoms with Gasteiger partial charge in [-0.1, -0.05) is 33.1 Å². The molecule has 2 atom stereocenters. The zero-order valence-electron chi connectivity index (χ0n) is 21.7. The maximum atomic E-state index is 13.2. The molecule has 3 heterocycles. The first-order valence-electron chi connectivity index (χ1n) is 13.4. The summed E-state index contributed by atoms with van der Waals surface area (Å²) in [6.07, 6.45) is 8.19. The Hall–Kier alpha value is -2.78. The molecular weight excluding hydrogens is 456 g/mol. The molecule has 1 aliphatic carbocycles. The normalized spacial score (nSPS) is 20.0. The predicted octanol–water partition coefficient (Wildman–Crippen LogP) is 4.23. The zero-order valence-corrected chi connectivity index (χ0v) is 21.7. The molecule has 0 unspecified atom stereocenters. The third kappa shape index (κ3) is 5.32. The lowest BCUT2D eigenvalue weighted by atomic mass is 9.90. The van der Waals surface area contributed by atoms with Crippen molar-refractivity contribution in [2.24, 2.45) is 5.92 Å². The van der Waals surface area contributed by atoms with Gasteiger partial charge in [0.1, 0.15) is 5.75 Å². The summed E-state index contributed by atoms with van der Waals surface area (Å²) in [7, 11) is 1.66. The molecule has 9 heteroatoms. The van der Waals surface area contributed by atoms with Crippen molar-refractivity contribution in [1.29, 1.82) is 0 Å². The fourth-order valence-corrected chi connectivity index (χ4v) is 5.90. The predicted molar refractivity (Wildman–Crippen MR) is 138 cm³/mol. The van der Waals surface area contributed by atoms with Gasteiger partial charge in [0.2, 0.25) is 0 Å². The van der Waals surface area contributed by atoms with Crippen molar-refractivity contribution in [2.75, 3.05) is 13.7 Å². The Bertz CT molecular complexity index is 1210. The highest BCUT2D eigenvalue weighted by Gasteiger charge is 2.35. The summed E-state index contributed by atoms with van der Waals surface area (Å²) in [6.45, 7) is 6.46. The number of benzene rings is 1. The highest BCUT2D eigenvalue weighted by Crippen LogP contribution is 2.35. The molecule has 2 aromatic heterocycles. The molecule has 1 saturated heterocycles. The van der Waals surface area contributed by atoms with E-state index in [2.05, 4.69) is 39.3 Å². The maximum absolute atomic E-state index is 13.2. The summed E-state index contributed by atoms with van der Waals surface area (Å²) < 4.78 is 13.2. The second-order valence-electron chi connectivity index (χ2n) is 10.6. The van der Waals surface area contributed by atoms with Crippen LogP contribution in [0.2, 0.25) is 0 Å². The van der Waals surface area contributed by atoms with E-state index in [9.17, 15) is 4.79 Å². The molecule has 194 valence electrons. The lowest BCUT2D eigenvalue weighted by Gasteiger charge is -2.41. The van der Waals surface area contributed by atoms with Gasteiger partial charge in [0.05, 0.1) is 25.8 Å². The van der Waals surface area contributed by atoms with Crippen LogP contribution in [0, 0.1) is 5.92 Å². The highest BCUT2D eigenvalue weighted by atomic mass is 16.5. The van der Waals surface area contributed by atoms with Crippen molar-refractivity contribution >= 4 is 10.9 Å². The number of aromatic nitrogens is 5. The third-order valence-corrected chi connectivity index (χ3v) is 7.74. The molecule has 3 aromatic rings. The van der Waals surface area contributed by atoms with Gasteiger partial charge < -0.3 is 14.5 Å². The standard InChI is InChI=1S/C27H38N6O3/c1-18(2)25(26-29-30-31-33(26)17-23-10-7-13-36-23)32(21-8-5-4-6-9-21)16-20-14-19-15-22(35-3)11-12-24(19)28-27(20)34/h11-12,14-15,18,21,23,25H,4-10,13,16-17H2,1-3H3,(H,28,34)/t23-,25+/m0/s1. The summed E-state index contributed by atoms with van der Waals surface area (Å²) in [6, 6.07) is 8.12. The van der Waals surface area contributed by atoms with Crippen LogP contribution >= 0.6 is 0 Å². The SMILES string of the molecule is COc1ccc2[nH]c(=O)c(CN(C3CCCCC3)[C@@H](c3nnnn3C[C@@H]3CCCO3)C(C)C)cc2c1. The van der Waals surface area contributed by atoms with Crippen LogP contribution in [0.1, 0.15) is 76.2 Å². The average molecular weight is 495 g/mol. The van der Waals surface area contributed by atoms with E-state index in [1.165, 1.54) is 19.3 Å². The van der Waals surface area contributed by atoms with Crippen LogP contribution in [0.25, 0.3) is 10.9 Å². The molecule has 2 aliphatic rings. The van der Waals surface area contributed by atoms with E-state index in [0.717, 1.165) is 60.3 Å². The van der Waals surface area contributed by atoms with Gasteiger partial charge in [-0.2, -0.15) is 0 Å². The molecule has 0 bridgehead atoms. The number of tetrazole rings is 1. The van der Waals surface area contributed by atoms with Crippen molar-refractivity contribution < 1.29 is 9.47 Å². The van der Waals surface area contributed by atoms with E-state index in [-0.39, 0.29) is 23.6 Å². The van der Waals surface area contributed by atoms with E-state index in [1.807, 2.05) is 28.9 Å². The minimum absolute atomic E-state index is 0.00934. The van der Waals surface area contributed by atoms with Gasteiger partial charge >= 0.3 is 0 Å². The first-order chi connectivity index (χ1) is 17.5. The molecule has 0 amide bonds. The Labute approximate surface area is 212 Å². The van der Waals surface area contributed by atoms with E-state index >= 15 is 0 Å². The van der Waals surface area contributed by atoms with Gasteiger partial charge in [-0.05, 0) is 66.3 Å². The zero-order chi connectivity index (χ0) is 25.1. The van der Waals surface area contributed by atoms with Crippen molar-refractivity contribution in [3.8, 4) is 5.75 Å². The monoisotopic (exact) mass is 494 g/mol. The molecular formula is C27H38N6O3. The molecule has 1 N–H and O–H groups in total. The van der Waals surface area contributed by atoms with Crippen LogP contribution in [0.5, 0.6) is 5.75 Å². The van der Waals surface area contributed by atoms with Crippen molar-refractivity contribution in [3.63, 3.8) is 0 Å². The first kappa shape index (κ1) is 24.9. The van der Waals surface area contributed by atoms with Crippen molar-refractivity contribution in [1.82, 2.24) is 30.1 Å². The summed E-state index contributed by atoms with van der Waals surface area (Å²) >= 11 is 0. The Balaban J connectivity index is 1.52. The maximum Gasteiger partial charge on any atom is 0.252 e. The summed E-state index contributed by atoms with van der Waals surface area (Å²) in [5, 5.41) is 13.9. The summed E-state index contributed by atoms with van der Waals surface area (Å²) in [5.74, 6) is 1.91. The second-order valence-corrected chi connectivity index (χ2v) is 10.6. The number of aromatic amines is 1. The molecule has 9 nitrogen and oxygen atoms in total. The van der Waals surface area contributed by atoms with Crippen LogP contribution in [-0.2, 0) is 17.8 Å². The second kappa shape index (κ2) is 11.1. The van der Waals surface area contributed by atoms with Crippen molar-refractivity contribution in [2.45, 2.75) is 90.1 Å². The van der Waals surface area contributed by atoms with Crippen LogP contribution in [0.15, 0.2) is 29.1 Å². The molecule has 1 saturated carbocycles. The molecule has 0 spiro atoms. The fourth-order valence-electron chi connectivity index (χ4n) is 5.90. The number of methoxy groups -OCH3 is 1. The molecule has 1 aliphatic heterocycles. The van der Waals surface area contributed by atoms with E-state index in [1.54, 1.807) is 7.11 Å². The number of ether oxygens (including phenoxy) is 2. The Morgan fingerprint density at radius 2 is 2.00 bits per heavy atom. The van der Waals surface area contributed by atoms with Crippen LogP contribution in [0.3, 0.4) is 0 Å². The molecule has 1 aromatic carbocycles.